The predicted molar refractivity (Wildman–Crippen MR) is 123 cm³/mol. The molecule has 1 aromatic heterocycles. The number of nitrogens with one attached hydrogen (secondary N) is 2. The number of hydrogen-bond acceptors (Lipinski definition) is 7. The average molecular weight is 460 g/mol. The van der Waals surface area contributed by atoms with Crippen molar-refractivity contribution in [3.63, 3.8) is 0 Å². The van der Waals surface area contributed by atoms with Crippen molar-refractivity contribution in [2.45, 2.75) is 31.7 Å². The van der Waals surface area contributed by atoms with E-state index in [1.807, 2.05) is 43.3 Å². The van der Waals surface area contributed by atoms with Crippen LogP contribution in [0.4, 0.5) is 10.8 Å². The smallest absolute Gasteiger partial charge is 0.270 e. The zero-order valence-electron chi connectivity index (χ0n) is 17.6. The molecule has 0 aliphatic carbocycles. The normalized spacial score (nSPS) is 11.3. The van der Waals surface area contributed by atoms with E-state index in [0.29, 0.717) is 5.56 Å². The lowest BCUT2D eigenvalue weighted by Gasteiger charge is -2.21. The second-order valence-electron chi connectivity index (χ2n) is 6.86. The highest BCUT2D eigenvalue weighted by molar-refractivity contribution is 7.91. The molecule has 10 heteroatoms. The lowest BCUT2D eigenvalue weighted by Crippen LogP contribution is -2.23. The van der Waals surface area contributed by atoms with Gasteiger partial charge in [0.25, 0.3) is 15.9 Å². The lowest BCUT2D eigenvalue weighted by molar-refractivity contribution is 0.102. The molecule has 1 amide bonds. The van der Waals surface area contributed by atoms with Crippen LogP contribution in [0.1, 0.15) is 35.3 Å². The van der Waals surface area contributed by atoms with E-state index in [9.17, 15) is 13.2 Å². The largest absolute Gasteiger partial charge is 0.372 e. The Balaban J connectivity index is 1.61. The number of hydrogen-bond donors (Lipinski definition) is 2. The monoisotopic (exact) mass is 459 g/mol. The molecule has 31 heavy (non-hydrogen) atoms. The molecule has 3 rings (SSSR count). The maximum Gasteiger partial charge on any atom is 0.270 e. The molecule has 0 saturated heterocycles. The van der Waals surface area contributed by atoms with Gasteiger partial charge in [0.2, 0.25) is 9.47 Å². The summed E-state index contributed by atoms with van der Waals surface area (Å²) in [4.78, 5) is 14.5. The SMILES string of the molecule is CCN(CC)c1ccc(CNS(=O)(=O)c2nnc(NC(=O)c3ccc(C)cc3)s2)cc1. The summed E-state index contributed by atoms with van der Waals surface area (Å²) < 4.78 is 27.4. The van der Waals surface area contributed by atoms with Crippen molar-refractivity contribution in [2.24, 2.45) is 0 Å². The second kappa shape index (κ2) is 9.99. The highest BCUT2D eigenvalue weighted by Gasteiger charge is 2.21. The van der Waals surface area contributed by atoms with E-state index in [0.717, 1.165) is 41.2 Å². The Morgan fingerprint density at radius 2 is 1.65 bits per heavy atom. The third kappa shape index (κ3) is 5.87. The third-order valence-corrected chi connectivity index (χ3v) is 7.31. The van der Waals surface area contributed by atoms with E-state index in [2.05, 4.69) is 39.0 Å². The molecule has 0 aliphatic rings. The summed E-state index contributed by atoms with van der Waals surface area (Å²) in [7, 11) is -3.85. The van der Waals surface area contributed by atoms with Gasteiger partial charge in [-0.05, 0) is 50.6 Å². The summed E-state index contributed by atoms with van der Waals surface area (Å²) in [5.74, 6) is -0.374. The molecule has 0 saturated carbocycles. The van der Waals surface area contributed by atoms with Crippen LogP contribution in [0.3, 0.4) is 0 Å². The molecule has 3 aromatic rings. The van der Waals surface area contributed by atoms with Crippen molar-refractivity contribution in [3.05, 3.63) is 65.2 Å². The maximum atomic E-state index is 12.6. The first-order chi connectivity index (χ1) is 14.8. The molecule has 164 valence electrons. The molecule has 0 aliphatic heterocycles. The van der Waals surface area contributed by atoms with Crippen LogP contribution < -0.4 is 14.9 Å². The van der Waals surface area contributed by atoms with Gasteiger partial charge >= 0.3 is 0 Å². The van der Waals surface area contributed by atoms with Gasteiger partial charge in [-0.15, -0.1) is 10.2 Å². The van der Waals surface area contributed by atoms with Crippen molar-refractivity contribution < 1.29 is 13.2 Å². The van der Waals surface area contributed by atoms with Gasteiger partial charge in [0, 0.05) is 30.9 Å². The van der Waals surface area contributed by atoms with E-state index in [4.69, 9.17) is 0 Å². The Hall–Kier alpha value is -2.82. The molecular weight excluding hydrogens is 434 g/mol. The maximum absolute atomic E-state index is 12.6. The fourth-order valence-electron chi connectivity index (χ4n) is 2.90. The topological polar surface area (TPSA) is 104 Å². The molecule has 0 atom stereocenters. The third-order valence-electron chi connectivity index (χ3n) is 4.70. The first-order valence-corrected chi connectivity index (χ1v) is 12.2. The van der Waals surface area contributed by atoms with Gasteiger partial charge in [-0.2, -0.15) is 0 Å². The zero-order valence-corrected chi connectivity index (χ0v) is 19.3. The number of amides is 1. The molecule has 0 unspecified atom stereocenters. The summed E-state index contributed by atoms with van der Waals surface area (Å²) in [6.45, 7) is 8.04. The summed E-state index contributed by atoms with van der Waals surface area (Å²) in [6.07, 6.45) is 0. The van der Waals surface area contributed by atoms with Crippen molar-refractivity contribution in [3.8, 4) is 0 Å². The van der Waals surface area contributed by atoms with Crippen LogP contribution in [0.15, 0.2) is 52.9 Å². The Kier molecular flexibility index (Phi) is 7.37. The van der Waals surface area contributed by atoms with Crippen LogP contribution in [0.2, 0.25) is 0 Å². The van der Waals surface area contributed by atoms with Gasteiger partial charge < -0.3 is 4.90 Å². The Bertz CT molecular complexity index is 1120. The van der Waals surface area contributed by atoms with E-state index in [-0.39, 0.29) is 21.9 Å². The molecule has 0 radical (unpaired) electrons. The highest BCUT2D eigenvalue weighted by Crippen LogP contribution is 2.21. The molecule has 0 fully saturated rings. The summed E-state index contributed by atoms with van der Waals surface area (Å²) in [6, 6.07) is 14.8. The second-order valence-corrected chi connectivity index (χ2v) is 9.77. The minimum absolute atomic E-state index is 0.120. The fraction of sp³-hybridized carbons (Fsp3) is 0.286. The van der Waals surface area contributed by atoms with Gasteiger partial charge in [-0.3, -0.25) is 10.1 Å². The van der Waals surface area contributed by atoms with E-state index in [1.165, 1.54) is 0 Å². The Morgan fingerprint density at radius 1 is 1.00 bits per heavy atom. The van der Waals surface area contributed by atoms with E-state index >= 15 is 0 Å². The Morgan fingerprint density at radius 3 is 2.26 bits per heavy atom. The summed E-state index contributed by atoms with van der Waals surface area (Å²) in [5.41, 5.74) is 3.41. The molecule has 2 N–H and O–H groups in total. The standard InChI is InChI=1S/C21H25N5O3S2/c1-4-26(5-2)18-12-8-16(9-13-18)14-22-31(28,29)21-25-24-20(30-21)23-19(27)17-10-6-15(3)7-11-17/h6-13,22H,4-5,14H2,1-3H3,(H,23,24,27). The fourth-order valence-corrected chi connectivity index (χ4v) is 4.85. The first-order valence-electron chi connectivity index (χ1n) is 9.87. The predicted octanol–water partition coefficient (Wildman–Crippen LogP) is 3.42. The average Bonchev–Trinajstić information content (AvgIpc) is 3.24. The van der Waals surface area contributed by atoms with Crippen LogP contribution in [0.25, 0.3) is 0 Å². The van der Waals surface area contributed by atoms with Crippen LogP contribution in [0, 0.1) is 6.92 Å². The van der Waals surface area contributed by atoms with Gasteiger partial charge in [-0.25, -0.2) is 13.1 Å². The molecule has 0 spiro atoms. The van der Waals surface area contributed by atoms with Crippen molar-refractivity contribution in [1.82, 2.24) is 14.9 Å². The van der Waals surface area contributed by atoms with Crippen LogP contribution in [-0.4, -0.2) is 37.6 Å². The lowest BCUT2D eigenvalue weighted by atomic mass is 10.1. The van der Waals surface area contributed by atoms with Crippen LogP contribution in [0.5, 0.6) is 0 Å². The number of benzene rings is 2. The quantitative estimate of drug-likeness (QED) is 0.475. The van der Waals surface area contributed by atoms with Crippen molar-refractivity contribution in [2.75, 3.05) is 23.3 Å². The number of carbonyl (C=O) groups excluding carboxylic acids is 1. The van der Waals surface area contributed by atoms with Gasteiger partial charge in [0.15, 0.2) is 0 Å². The molecular formula is C21H25N5O3S2. The number of rotatable bonds is 9. The minimum Gasteiger partial charge on any atom is -0.372 e. The first kappa shape index (κ1) is 22.9. The number of aryl methyl sites for hydroxylation is 1. The highest BCUT2D eigenvalue weighted by atomic mass is 32.2. The Labute approximate surface area is 186 Å². The summed E-state index contributed by atoms with van der Waals surface area (Å²) in [5, 5.41) is 10.2. The zero-order chi connectivity index (χ0) is 22.4. The number of nitrogens with zero attached hydrogens (tertiary/aromatic N) is 3. The minimum atomic E-state index is -3.85. The van der Waals surface area contributed by atoms with Crippen LogP contribution in [-0.2, 0) is 16.6 Å². The summed E-state index contributed by atoms with van der Waals surface area (Å²) >= 11 is 0.802. The molecule has 1 heterocycles. The van der Waals surface area contributed by atoms with Crippen molar-refractivity contribution >= 4 is 38.1 Å². The van der Waals surface area contributed by atoms with E-state index < -0.39 is 10.0 Å². The van der Waals surface area contributed by atoms with Gasteiger partial charge in [0.05, 0.1) is 0 Å². The van der Waals surface area contributed by atoms with Crippen LogP contribution >= 0.6 is 11.3 Å². The van der Waals surface area contributed by atoms with Gasteiger partial charge in [-0.1, -0.05) is 41.2 Å². The number of carbonyl (C=O) groups is 1. The molecule has 8 nitrogen and oxygen atoms in total. The van der Waals surface area contributed by atoms with Crippen molar-refractivity contribution in [1.29, 1.82) is 0 Å². The number of aromatic nitrogens is 2. The molecule has 2 aromatic carbocycles. The van der Waals surface area contributed by atoms with E-state index in [1.54, 1.807) is 12.1 Å². The van der Waals surface area contributed by atoms with Gasteiger partial charge in [0.1, 0.15) is 0 Å². The molecule has 0 bridgehead atoms. The number of sulfonamides is 1. The number of anilines is 2.